The second-order valence-electron chi connectivity index (χ2n) is 8.02. The van der Waals surface area contributed by atoms with Crippen LogP contribution in [0.2, 0.25) is 10.0 Å². The molecule has 0 atom stereocenters. The highest BCUT2D eigenvalue weighted by Crippen LogP contribution is 2.35. The third-order valence-corrected chi connectivity index (χ3v) is 6.58. The van der Waals surface area contributed by atoms with Gasteiger partial charge in [-0.2, -0.15) is 0 Å². The summed E-state index contributed by atoms with van der Waals surface area (Å²) in [6.07, 6.45) is 3.15. The number of furan rings is 1. The molecule has 0 unspecified atom stereocenters. The van der Waals surface area contributed by atoms with Crippen LogP contribution in [0.15, 0.2) is 70.8 Å². The number of rotatable bonds is 5. The Morgan fingerprint density at radius 1 is 1.05 bits per heavy atom. The van der Waals surface area contributed by atoms with Gasteiger partial charge in [0.25, 0.3) is 11.8 Å². The van der Waals surface area contributed by atoms with Crippen molar-refractivity contribution < 1.29 is 28.3 Å². The standard InChI is InChI=1S/C26H17Cl2N3O6/c1-36-25(34)21-10-9-15(37-21)13-30-12-14(16-5-2-3-7-19(16)30)11-17-23(32)29-26(35)31(24(17)33)20-8-4-6-18(27)22(20)28/h2-12H,13H2,1H3,(H,29,32,35)/b17-11+. The van der Waals surface area contributed by atoms with Gasteiger partial charge in [0.2, 0.25) is 5.76 Å². The number of aromatic nitrogens is 1. The molecule has 2 aromatic heterocycles. The molecular formula is C26H17Cl2N3O6. The Morgan fingerprint density at radius 3 is 2.62 bits per heavy atom. The number of nitrogens with zero attached hydrogens (tertiary/aromatic N) is 2. The molecule has 5 rings (SSSR count). The van der Waals surface area contributed by atoms with E-state index in [0.717, 1.165) is 15.8 Å². The first kappa shape index (κ1) is 24.4. The zero-order chi connectivity index (χ0) is 26.3. The number of ether oxygens (including phenoxy) is 1. The van der Waals surface area contributed by atoms with Crippen molar-refractivity contribution in [3.8, 4) is 0 Å². The molecule has 0 spiro atoms. The first-order valence-corrected chi connectivity index (χ1v) is 11.6. The Morgan fingerprint density at radius 2 is 1.84 bits per heavy atom. The molecule has 37 heavy (non-hydrogen) atoms. The van der Waals surface area contributed by atoms with Crippen molar-refractivity contribution in [3.05, 3.63) is 93.5 Å². The van der Waals surface area contributed by atoms with E-state index in [1.165, 1.54) is 37.5 Å². The average molecular weight is 538 g/mol. The van der Waals surface area contributed by atoms with Gasteiger partial charge in [-0.15, -0.1) is 0 Å². The molecule has 1 fully saturated rings. The van der Waals surface area contributed by atoms with Gasteiger partial charge in [0.05, 0.1) is 29.4 Å². The normalized spacial score (nSPS) is 14.9. The van der Waals surface area contributed by atoms with Crippen LogP contribution in [0.1, 0.15) is 21.9 Å². The summed E-state index contributed by atoms with van der Waals surface area (Å²) in [5, 5.41) is 3.08. The minimum atomic E-state index is -0.932. The van der Waals surface area contributed by atoms with Gasteiger partial charge in [-0.05, 0) is 36.4 Å². The first-order valence-electron chi connectivity index (χ1n) is 10.9. The maximum atomic E-state index is 13.4. The van der Waals surface area contributed by atoms with Crippen LogP contribution in [-0.2, 0) is 20.9 Å². The number of fused-ring (bicyclic) bond motifs is 1. The molecular weight excluding hydrogens is 521 g/mol. The monoisotopic (exact) mass is 537 g/mol. The van der Waals surface area contributed by atoms with E-state index >= 15 is 0 Å². The van der Waals surface area contributed by atoms with Crippen LogP contribution in [-0.4, -0.2) is 35.5 Å². The lowest BCUT2D eigenvalue weighted by atomic mass is 10.1. The summed E-state index contributed by atoms with van der Waals surface area (Å²) in [6, 6.07) is 14.1. The number of urea groups is 1. The molecule has 186 valence electrons. The molecule has 4 aromatic rings. The van der Waals surface area contributed by atoms with Gasteiger partial charge in [0.1, 0.15) is 11.3 Å². The van der Waals surface area contributed by atoms with Crippen molar-refractivity contribution in [1.82, 2.24) is 9.88 Å². The maximum Gasteiger partial charge on any atom is 0.373 e. The zero-order valence-corrected chi connectivity index (χ0v) is 20.7. The summed E-state index contributed by atoms with van der Waals surface area (Å²) < 4.78 is 12.1. The number of imide groups is 2. The predicted octanol–water partition coefficient (Wildman–Crippen LogP) is 5.04. The lowest BCUT2D eigenvalue weighted by Crippen LogP contribution is -2.54. The smallest absolute Gasteiger partial charge is 0.373 e. The fraction of sp³-hybridized carbons (Fsp3) is 0.0769. The number of hydrogen-bond donors (Lipinski definition) is 1. The number of benzene rings is 2. The number of carbonyl (C=O) groups excluding carboxylic acids is 4. The lowest BCUT2D eigenvalue weighted by molar-refractivity contribution is -0.122. The number of anilines is 1. The molecule has 4 amide bonds. The number of nitrogens with one attached hydrogen (secondary N) is 1. The second kappa shape index (κ2) is 9.61. The molecule has 0 saturated carbocycles. The van der Waals surface area contributed by atoms with Crippen LogP contribution >= 0.6 is 23.2 Å². The molecule has 1 N–H and O–H groups in total. The van der Waals surface area contributed by atoms with Crippen molar-refractivity contribution in [2.24, 2.45) is 0 Å². The number of esters is 1. The van der Waals surface area contributed by atoms with E-state index in [4.69, 9.17) is 27.6 Å². The summed E-state index contributed by atoms with van der Waals surface area (Å²) in [5.74, 6) is -1.70. The number of barbiturate groups is 1. The van der Waals surface area contributed by atoms with Gasteiger partial charge in [-0.1, -0.05) is 47.5 Å². The van der Waals surface area contributed by atoms with Crippen LogP contribution in [0.4, 0.5) is 10.5 Å². The molecule has 11 heteroatoms. The summed E-state index contributed by atoms with van der Waals surface area (Å²) in [6.45, 7) is 0.267. The molecule has 0 bridgehead atoms. The summed E-state index contributed by atoms with van der Waals surface area (Å²) in [7, 11) is 1.27. The maximum absolute atomic E-state index is 13.4. The van der Waals surface area contributed by atoms with Gasteiger partial charge < -0.3 is 13.7 Å². The molecule has 1 aliphatic heterocycles. The minimum absolute atomic E-state index is 0.00254. The Hall–Kier alpha value is -4.34. The van der Waals surface area contributed by atoms with E-state index < -0.39 is 23.8 Å². The quantitative estimate of drug-likeness (QED) is 0.217. The summed E-state index contributed by atoms with van der Waals surface area (Å²) >= 11 is 12.3. The van der Waals surface area contributed by atoms with Gasteiger partial charge in [0.15, 0.2) is 0 Å². The third kappa shape index (κ3) is 4.39. The Labute approximate surface area is 219 Å². The first-order chi connectivity index (χ1) is 17.8. The van der Waals surface area contributed by atoms with E-state index in [0.29, 0.717) is 11.3 Å². The number of hydrogen-bond acceptors (Lipinski definition) is 6. The Balaban J connectivity index is 1.55. The van der Waals surface area contributed by atoms with Crippen LogP contribution in [0.3, 0.4) is 0 Å². The molecule has 1 aliphatic rings. The van der Waals surface area contributed by atoms with E-state index in [2.05, 4.69) is 10.1 Å². The Bertz CT molecular complexity index is 1630. The SMILES string of the molecule is COC(=O)c1ccc(Cn2cc(/C=C3\C(=O)NC(=O)N(c4cccc(Cl)c4Cl)C3=O)c3ccccc32)o1. The van der Waals surface area contributed by atoms with Crippen molar-refractivity contribution in [2.75, 3.05) is 12.0 Å². The lowest BCUT2D eigenvalue weighted by Gasteiger charge is -2.27. The van der Waals surface area contributed by atoms with Crippen LogP contribution in [0.5, 0.6) is 0 Å². The predicted molar refractivity (Wildman–Crippen MR) is 137 cm³/mol. The van der Waals surface area contributed by atoms with Crippen LogP contribution < -0.4 is 10.2 Å². The molecule has 0 radical (unpaired) electrons. The number of carbonyl (C=O) groups is 4. The molecule has 2 aromatic carbocycles. The largest absolute Gasteiger partial charge is 0.463 e. The zero-order valence-electron chi connectivity index (χ0n) is 19.2. The number of para-hydroxylation sites is 1. The van der Waals surface area contributed by atoms with Crippen LogP contribution in [0.25, 0.3) is 17.0 Å². The van der Waals surface area contributed by atoms with Gasteiger partial charge in [0, 0.05) is 22.7 Å². The topological polar surface area (TPSA) is 111 Å². The van der Waals surface area contributed by atoms with Crippen molar-refractivity contribution in [2.45, 2.75) is 6.54 Å². The number of amides is 4. The highest BCUT2D eigenvalue weighted by molar-refractivity contribution is 6.46. The van der Waals surface area contributed by atoms with Crippen LogP contribution in [0, 0.1) is 0 Å². The van der Waals surface area contributed by atoms with E-state index in [-0.39, 0.29) is 33.6 Å². The van der Waals surface area contributed by atoms with Gasteiger partial charge >= 0.3 is 12.0 Å². The fourth-order valence-corrected chi connectivity index (χ4v) is 4.44. The van der Waals surface area contributed by atoms with Crippen molar-refractivity contribution in [3.63, 3.8) is 0 Å². The van der Waals surface area contributed by atoms with E-state index in [1.807, 2.05) is 28.8 Å². The van der Waals surface area contributed by atoms with Gasteiger partial charge in [-0.25, -0.2) is 14.5 Å². The van der Waals surface area contributed by atoms with Gasteiger partial charge in [-0.3, -0.25) is 14.9 Å². The number of methoxy groups -OCH3 is 1. The van der Waals surface area contributed by atoms with Crippen molar-refractivity contribution >= 4 is 69.7 Å². The summed E-state index contributed by atoms with van der Waals surface area (Å²) in [5.41, 5.74) is 1.14. The minimum Gasteiger partial charge on any atom is -0.463 e. The molecule has 1 saturated heterocycles. The molecule has 0 aliphatic carbocycles. The molecule has 3 heterocycles. The highest BCUT2D eigenvalue weighted by atomic mass is 35.5. The fourth-order valence-electron chi connectivity index (χ4n) is 4.06. The summed E-state index contributed by atoms with van der Waals surface area (Å²) in [4.78, 5) is 51.1. The highest BCUT2D eigenvalue weighted by Gasteiger charge is 2.38. The van der Waals surface area contributed by atoms with E-state index in [1.54, 1.807) is 12.3 Å². The average Bonchev–Trinajstić information content (AvgIpc) is 3.49. The second-order valence-corrected chi connectivity index (χ2v) is 8.80. The number of halogens is 2. The Kier molecular flexibility index (Phi) is 6.32. The van der Waals surface area contributed by atoms with Crippen molar-refractivity contribution in [1.29, 1.82) is 0 Å². The van der Waals surface area contributed by atoms with E-state index in [9.17, 15) is 19.2 Å². The molecule has 9 nitrogen and oxygen atoms in total. The third-order valence-electron chi connectivity index (χ3n) is 5.77.